The van der Waals surface area contributed by atoms with Gasteiger partial charge < -0.3 is 15.1 Å². The lowest BCUT2D eigenvalue weighted by atomic mass is 10.1. The summed E-state index contributed by atoms with van der Waals surface area (Å²) in [6.07, 6.45) is 2.55. The summed E-state index contributed by atoms with van der Waals surface area (Å²) < 4.78 is 0. The molecule has 3 aliphatic rings. The molecule has 0 aliphatic carbocycles. The molecule has 3 fully saturated rings. The maximum Gasteiger partial charge on any atom is 0.240 e. The summed E-state index contributed by atoms with van der Waals surface area (Å²) >= 11 is 1.84. The van der Waals surface area contributed by atoms with Gasteiger partial charge in [0, 0.05) is 57.3 Å². The van der Waals surface area contributed by atoms with Gasteiger partial charge in [0.1, 0.15) is 11.9 Å². The molecule has 4 rings (SSSR count). The van der Waals surface area contributed by atoms with Crippen molar-refractivity contribution in [3.8, 4) is 6.07 Å². The Kier molecular flexibility index (Phi) is 10.8. The Morgan fingerprint density at radius 2 is 1.93 bits per heavy atom. The van der Waals surface area contributed by atoms with Gasteiger partial charge in [-0.25, -0.2) is 4.98 Å². The molecule has 4 heterocycles. The second-order valence-electron chi connectivity index (χ2n) is 7.03. The van der Waals surface area contributed by atoms with Gasteiger partial charge >= 0.3 is 0 Å². The van der Waals surface area contributed by atoms with E-state index in [2.05, 4.69) is 26.2 Å². The van der Waals surface area contributed by atoms with Crippen LogP contribution in [0.25, 0.3) is 0 Å². The second kappa shape index (κ2) is 12.0. The molecule has 7 nitrogen and oxygen atoms in total. The molecule has 1 amide bonds. The van der Waals surface area contributed by atoms with Gasteiger partial charge in [0.25, 0.3) is 0 Å². The first-order valence-electron chi connectivity index (χ1n) is 9.19. The Morgan fingerprint density at radius 3 is 2.52 bits per heavy atom. The molecule has 162 valence electrons. The van der Waals surface area contributed by atoms with Crippen molar-refractivity contribution in [2.75, 3.05) is 55.8 Å². The van der Waals surface area contributed by atoms with Crippen molar-refractivity contribution >= 4 is 60.7 Å². The number of piperazine rings is 1. The van der Waals surface area contributed by atoms with E-state index in [0.717, 1.165) is 63.1 Å². The van der Waals surface area contributed by atoms with Crippen LogP contribution in [0.4, 0.5) is 5.82 Å². The first-order chi connectivity index (χ1) is 12.7. The van der Waals surface area contributed by atoms with Crippen LogP contribution >= 0.6 is 49.0 Å². The van der Waals surface area contributed by atoms with Gasteiger partial charge in [-0.1, -0.05) is 0 Å². The van der Waals surface area contributed by atoms with Gasteiger partial charge in [-0.2, -0.15) is 5.26 Å². The molecule has 2 atom stereocenters. The number of hydrogen-bond donors (Lipinski definition) is 1. The smallest absolute Gasteiger partial charge is 0.240 e. The molecule has 29 heavy (non-hydrogen) atoms. The van der Waals surface area contributed by atoms with Gasteiger partial charge in [-0.15, -0.1) is 49.0 Å². The third-order valence-electron chi connectivity index (χ3n) is 5.50. The third-order valence-corrected chi connectivity index (χ3v) is 6.47. The van der Waals surface area contributed by atoms with Gasteiger partial charge in [0.05, 0.1) is 17.5 Å². The van der Waals surface area contributed by atoms with Crippen molar-refractivity contribution in [1.82, 2.24) is 20.1 Å². The van der Waals surface area contributed by atoms with Crippen LogP contribution in [0.5, 0.6) is 0 Å². The van der Waals surface area contributed by atoms with Crippen LogP contribution in [0.15, 0.2) is 18.3 Å². The normalized spacial score (nSPS) is 24.1. The van der Waals surface area contributed by atoms with Crippen LogP contribution in [0.2, 0.25) is 0 Å². The second-order valence-corrected chi connectivity index (χ2v) is 8.10. The molecule has 3 saturated heterocycles. The van der Waals surface area contributed by atoms with Crippen molar-refractivity contribution in [2.45, 2.75) is 18.5 Å². The number of rotatable bonds is 3. The topological polar surface area (TPSA) is 75.5 Å². The summed E-state index contributed by atoms with van der Waals surface area (Å²) in [5.74, 6) is 3.12. The van der Waals surface area contributed by atoms with Gasteiger partial charge in [0.2, 0.25) is 5.91 Å². The maximum absolute atomic E-state index is 12.6. The summed E-state index contributed by atoms with van der Waals surface area (Å²) in [5.41, 5.74) is 0.594. The summed E-state index contributed by atoms with van der Waals surface area (Å²) in [4.78, 5) is 23.7. The fourth-order valence-corrected chi connectivity index (χ4v) is 4.90. The lowest BCUT2D eigenvalue weighted by Gasteiger charge is -2.38. The number of thioether (sulfide) groups is 1. The first kappa shape index (κ1) is 26.1. The first-order valence-corrected chi connectivity index (χ1v) is 10.3. The number of pyridine rings is 1. The monoisotopic (exact) mass is 480 g/mol. The molecule has 1 aromatic rings. The quantitative estimate of drug-likeness (QED) is 0.703. The molecule has 0 bridgehead atoms. The molecule has 3 aliphatic heterocycles. The molecule has 0 unspecified atom stereocenters. The molecule has 1 N–H and O–H groups in total. The molecule has 0 saturated carbocycles. The van der Waals surface area contributed by atoms with Gasteiger partial charge in [0.15, 0.2) is 0 Å². The Balaban J connectivity index is 0.00000140. The van der Waals surface area contributed by atoms with E-state index in [1.807, 2.05) is 28.8 Å². The van der Waals surface area contributed by atoms with Crippen LogP contribution < -0.4 is 10.2 Å². The average Bonchev–Trinajstić information content (AvgIpc) is 3.40. The number of carbonyl (C=O) groups excluding carboxylic acids is 1. The average molecular weight is 482 g/mol. The van der Waals surface area contributed by atoms with Crippen LogP contribution in [0.1, 0.15) is 12.0 Å². The van der Waals surface area contributed by atoms with Crippen LogP contribution in [-0.4, -0.2) is 83.7 Å². The van der Waals surface area contributed by atoms with E-state index in [-0.39, 0.29) is 49.2 Å². The number of amides is 1. The minimum absolute atomic E-state index is 0. The number of nitrogens with zero attached hydrogens (tertiary/aromatic N) is 5. The number of halogens is 3. The number of anilines is 1. The van der Waals surface area contributed by atoms with E-state index in [4.69, 9.17) is 5.26 Å². The number of hydrogen-bond acceptors (Lipinski definition) is 7. The summed E-state index contributed by atoms with van der Waals surface area (Å²) in [7, 11) is 0. The van der Waals surface area contributed by atoms with Gasteiger partial charge in [-0.05, 0) is 18.6 Å². The van der Waals surface area contributed by atoms with Crippen molar-refractivity contribution < 1.29 is 4.79 Å². The Labute approximate surface area is 194 Å². The summed E-state index contributed by atoms with van der Waals surface area (Å²) in [6, 6.07) is 6.28. The lowest BCUT2D eigenvalue weighted by Crippen LogP contribution is -2.51. The largest absolute Gasteiger partial charge is 0.354 e. The molecule has 0 aromatic carbocycles. The highest BCUT2D eigenvalue weighted by Gasteiger charge is 2.36. The predicted molar refractivity (Wildman–Crippen MR) is 124 cm³/mol. The van der Waals surface area contributed by atoms with E-state index >= 15 is 0 Å². The van der Waals surface area contributed by atoms with Crippen molar-refractivity contribution in [2.24, 2.45) is 0 Å². The Morgan fingerprint density at radius 1 is 1.17 bits per heavy atom. The number of nitriles is 1. The molecule has 11 heteroatoms. The minimum atomic E-state index is -0.0167. The Bertz CT molecular complexity index is 690. The van der Waals surface area contributed by atoms with Crippen molar-refractivity contribution in [3.63, 3.8) is 0 Å². The third kappa shape index (κ3) is 6.03. The van der Waals surface area contributed by atoms with E-state index in [1.165, 1.54) is 0 Å². The van der Waals surface area contributed by atoms with E-state index in [9.17, 15) is 4.79 Å². The summed E-state index contributed by atoms with van der Waals surface area (Å²) in [5, 5.41) is 12.3. The highest BCUT2D eigenvalue weighted by Crippen LogP contribution is 2.22. The maximum atomic E-state index is 12.6. The molecular weight excluding hydrogens is 455 g/mol. The molecule has 0 spiro atoms. The molecule has 1 aromatic heterocycles. The van der Waals surface area contributed by atoms with E-state index in [0.29, 0.717) is 11.6 Å². The van der Waals surface area contributed by atoms with Crippen LogP contribution in [0.3, 0.4) is 0 Å². The number of carbonyl (C=O) groups is 1. The van der Waals surface area contributed by atoms with E-state index < -0.39 is 0 Å². The standard InChI is InChI=1S/C18H24N6OS.3ClH/c19-10-14-1-2-17(21-11-14)23-5-3-22(4-6-23)15-9-16(20-12-15)18(25)24-7-8-26-13-24;;;/h1-2,11,15-16,20H,3-9,12-13H2;3*1H/t15-,16-;;;/m0.../s1. The fraction of sp³-hybridized carbons (Fsp3) is 0.611. The lowest BCUT2D eigenvalue weighted by molar-refractivity contribution is -0.131. The molecule has 0 radical (unpaired) electrons. The highest BCUT2D eigenvalue weighted by molar-refractivity contribution is 7.99. The van der Waals surface area contributed by atoms with Crippen LogP contribution in [0, 0.1) is 11.3 Å². The zero-order valence-electron chi connectivity index (χ0n) is 16.0. The number of nitrogens with one attached hydrogen (secondary N) is 1. The Hall–Kier alpha value is -0.950. The fourth-order valence-electron chi connectivity index (χ4n) is 3.95. The highest BCUT2D eigenvalue weighted by atomic mass is 35.5. The minimum Gasteiger partial charge on any atom is -0.354 e. The van der Waals surface area contributed by atoms with Crippen molar-refractivity contribution in [1.29, 1.82) is 5.26 Å². The molecular formula is C18H27Cl3N6OS. The predicted octanol–water partition coefficient (Wildman–Crippen LogP) is 1.60. The van der Waals surface area contributed by atoms with Crippen LogP contribution in [-0.2, 0) is 4.79 Å². The van der Waals surface area contributed by atoms with E-state index in [1.54, 1.807) is 6.20 Å². The zero-order valence-corrected chi connectivity index (χ0v) is 19.3. The SMILES string of the molecule is Cl.Cl.Cl.N#Cc1ccc(N2CCN([C@@H]3CN[C@H](C(=O)N4CCSC4)C3)CC2)nc1. The zero-order chi connectivity index (χ0) is 17.9. The van der Waals surface area contributed by atoms with Gasteiger partial charge in [-0.3, -0.25) is 9.69 Å². The summed E-state index contributed by atoms with van der Waals surface area (Å²) in [6.45, 7) is 5.60. The van der Waals surface area contributed by atoms with Crippen molar-refractivity contribution in [3.05, 3.63) is 23.9 Å². The number of aromatic nitrogens is 1.